The molecule has 0 saturated heterocycles. The maximum atomic E-state index is 4.50. The predicted octanol–water partition coefficient (Wildman–Crippen LogP) is 7.85. The Morgan fingerprint density at radius 2 is 1.16 bits per heavy atom. The summed E-state index contributed by atoms with van der Waals surface area (Å²) in [4.78, 5) is 10.3. The summed E-state index contributed by atoms with van der Waals surface area (Å²) in [6.07, 6.45) is 1.83. The molecule has 152 valence electrons. The number of hydrogen-bond donors (Lipinski definition) is 1. The van der Waals surface area contributed by atoms with Gasteiger partial charge in [-0.2, -0.15) is 0 Å². The van der Waals surface area contributed by atoms with Crippen molar-refractivity contribution < 1.29 is 0 Å². The van der Waals surface area contributed by atoms with Gasteiger partial charge in [-0.05, 0) is 54.1 Å². The molecular formula is C29H21N3. The Morgan fingerprint density at radius 3 is 1.84 bits per heavy atom. The van der Waals surface area contributed by atoms with Gasteiger partial charge in [0, 0.05) is 39.6 Å². The number of aromatic nitrogens is 2. The summed E-state index contributed by atoms with van der Waals surface area (Å²) in [7, 11) is 0. The number of fused-ring (bicyclic) bond motifs is 3. The molecule has 2 aromatic heterocycles. The molecule has 0 aliphatic carbocycles. The van der Waals surface area contributed by atoms with Gasteiger partial charge in [-0.3, -0.25) is 0 Å². The first-order chi connectivity index (χ1) is 15.9. The van der Waals surface area contributed by atoms with Gasteiger partial charge >= 0.3 is 0 Å². The minimum Gasteiger partial charge on any atom is -0.339 e. The Labute approximate surface area is 186 Å². The number of nitrogens with zero attached hydrogens (tertiary/aromatic N) is 2. The summed E-state index contributed by atoms with van der Waals surface area (Å²) >= 11 is 0. The molecule has 0 fully saturated rings. The van der Waals surface area contributed by atoms with Crippen LogP contribution in [0.4, 0.5) is 17.1 Å². The van der Waals surface area contributed by atoms with E-state index < -0.39 is 0 Å². The van der Waals surface area contributed by atoms with Crippen LogP contribution < -0.4 is 4.90 Å². The summed E-state index contributed by atoms with van der Waals surface area (Å²) in [5.74, 6) is 0. The number of H-pyrrole nitrogens is 1. The zero-order valence-electron chi connectivity index (χ0n) is 17.4. The normalized spacial score (nSPS) is 11.1. The fourth-order valence-electron chi connectivity index (χ4n) is 4.38. The maximum Gasteiger partial charge on any atom is 0.138 e. The largest absolute Gasteiger partial charge is 0.339 e. The van der Waals surface area contributed by atoms with E-state index in [1.54, 1.807) is 0 Å². The van der Waals surface area contributed by atoms with Crippen molar-refractivity contribution >= 4 is 39.0 Å². The van der Waals surface area contributed by atoms with Crippen molar-refractivity contribution in [1.29, 1.82) is 0 Å². The van der Waals surface area contributed by atoms with Gasteiger partial charge in [-0.25, -0.2) is 4.98 Å². The monoisotopic (exact) mass is 411 g/mol. The van der Waals surface area contributed by atoms with Crippen LogP contribution in [0.15, 0.2) is 121 Å². The summed E-state index contributed by atoms with van der Waals surface area (Å²) in [5, 5.41) is 2.35. The van der Waals surface area contributed by atoms with Crippen molar-refractivity contribution in [3.8, 4) is 11.1 Å². The Hall–Kier alpha value is -4.37. The second kappa shape index (κ2) is 7.71. The predicted molar refractivity (Wildman–Crippen MR) is 134 cm³/mol. The second-order valence-electron chi connectivity index (χ2n) is 7.81. The van der Waals surface area contributed by atoms with Crippen molar-refractivity contribution in [2.24, 2.45) is 0 Å². The van der Waals surface area contributed by atoms with Gasteiger partial charge in [0.15, 0.2) is 0 Å². The molecule has 0 spiro atoms. The van der Waals surface area contributed by atoms with E-state index in [0.29, 0.717) is 0 Å². The third-order valence-corrected chi connectivity index (χ3v) is 5.87. The second-order valence-corrected chi connectivity index (χ2v) is 7.81. The van der Waals surface area contributed by atoms with E-state index in [4.69, 9.17) is 0 Å². The van der Waals surface area contributed by atoms with Crippen LogP contribution in [0, 0.1) is 0 Å². The van der Waals surface area contributed by atoms with Gasteiger partial charge in [0.05, 0.1) is 5.52 Å². The number of nitrogens with one attached hydrogen (secondary N) is 1. The zero-order chi connectivity index (χ0) is 21.3. The number of para-hydroxylation sites is 3. The molecule has 0 amide bonds. The van der Waals surface area contributed by atoms with Gasteiger partial charge in [-0.1, -0.05) is 66.7 Å². The van der Waals surface area contributed by atoms with E-state index in [-0.39, 0.29) is 0 Å². The van der Waals surface area contributed by atoms with Crippen LogP contribution in [0.1, 0.15) is 0 Å². The van der Waals surface area contributed by atoms with Gasteiger partial charge in [0.1, 0.15) is 5.65 Å². The minimum absolute atomic E-state index is 0.922. The first-order valence-corrected chi connectivity index (χ1v) is 10.7. The number of hydrogen-bond acceptors (Lipinski definition) is 2. The van der Waals surface area contributed by atoms with Crippen molar-refractivity contribution in [2.75, 3.05) is 4.90 Å². The summed E-state index contributed by atoms with van der Waals surface area (Å²) < 4.78 is 0. The lowest BCUT2D eigenvalue weighted by molar-refractivity contribution is 1.28. The topological polar surface area (TPSA) is 31.9 Å². The van der Waals surface area contributed by atoms with Gasteiger partial charge in [0.25, 0.3) is 0 Å². The summed E-state index contributed by atoms with van der Waals surface area (Å²) in [5.41, 5.74) is 7.79. The first-order valence-electron chi connectivity index (χ1n) is 10.7. The van der Waals surface area contributed by atoms with E-state index in [1.165, 1.54) is 16.5 Å². The molecule has 0 saturated carbocycles. The average Bonchev–Trinajstić information content (AvgIpc) is 3.25. The number of aromatic amines is 1. The molecule has 0 aliphatic rings. The number of anilines is 3. The maximum absolute atomic E-state index is 4.50. The van der Waals surface area contributed by atoms with Crippen LogP contribution in [0.2, 0.25) is 0 Å². The number of rotatable bonds is 4. The molecule has 3 heteroatoms. The molecular weight excluding hydrogens is 390 g/mol. The molecule has 0 aliphatic heterocycles. The van der Waals surface area contributed by atoms with Crippen molar-refractivity contribution in [3.05, 3.63) is 121 Å². The fraction of sp³-hybridized carbons (Fsp3) is 0. The first kappa shape index (κ1) is 18.4. The SMILES string of the molecule is c1ccc(N(c2ccccc2)c2ccc(-c3cccc4c3[nH]c3ncccc34)cc2)cc1. The highest BCUT2D eigenvalue weighted by atomic mass is 15.1. The van der Waals surface area contributed by atoms with Crippen LogP contribution in [0.25, 0.3) is 33.1 Å². The van der Waals surface area contributed by atoms with Crippen LogP contribution in [0.3, 0.4) is 0 Å². The molecule has 0 bridgehead atoms. The molecule has 4 aromatic carbocycles. The average molecular weight is 412 g/mol. The van der Waals surface area contributed by atoms with Gasteiger partial charge < -0.3 is 9.88 Å². The van der Waals surface area contributed by atoms with Crippen molar-refractivity contribution in [1.82, 2.24) is 9.97 Å². The van der Waals surface area contributed by atoms with Crippen LogP contribution in [-0.4, -0.2) is 9.97 Å². The Kier molecular flexibility index (Phi) is 4.43. The fourth-order valence-corrected chi connectivity index (χ4v) is 4.38. The van der Waals surface area contributed by atoms with Gasteiger partial charge in [-0.15, -0.1) is 0 Å². The Bertz CT molecular complexity index is 1460. The molecule has 0 unspecified atom stereocenters. The van der Waals surface area contributed by atoms with Crippen LogP contribution in [0.5, 0.6) is 0 Å². The quantitative estimate of drug-likeness (QED) is 0.320. The number of benzene rings is 4. The van der Waals surface area contributed by atoms with Crippen molar-refractivity contribution in [3.63, 3.8) is 0 Å². The number of pyridine rings is 1. The van der Waals surface area contributed by atoms with E-state index in [2.05, 4.69) is 112 Å². The van der Waals surface area contributed by atoms with Crippen molar-refractivity contribution in [2.45, 2.75) is 0 Å². The summed E-state index contributed by atoms with van der Waals surface area (Å²) in [6, 6.07) is 40.3. The highest BCUT2D eigenvalue weighted by Crippen LogP contribution is 2.37. The van der Waals surface area contributed by atoms with E-state index in [0.717, 1.165) is 33.6 Å². The molecule has 0 radical (unpaired) electrons. The van der Waals surface area contributed by atoms with Gasteiger partial charge in [0.2, 0.25) is 0 Å². The lowest BCUT2D eigenvalue weighted by atomic mass is 10.0. The molecule has 1 N–H and O–H groups in total. The Morgan fingerprint density at radius 1 is 0.531 bits per heavy atom. The zero-order valence-corrected chi connectivity index (χ0v) is 17.4. The minimum atomic E-state index is 0.922. The third kappa shape index (κ3) is 3.12. The standard InChI is InChI=1S/C29H21N3/c1-3-9-22(10-4-1)32(23-11-5-2-6-12-23)24-18-16-21(17-19-24)25-13-7-14-26-27-15-8-20-30-29(27)31-28(25)26/h1-20H,(H,30,31). The molecule has 0 atom stereocenters. The molecule has 6 aromatic rings. The molecule has 2 heterocycles. The van der Waals surface area contributed by atoms with Crippen LogP contribution in [-0.2, 0) is 0 Å². The molecule has 32 heavy (non-hydrogen) atoms. The smallest absolute Gasteiger partial charge is 0.138 e. The molecule has 6 rings (SSSR count). The van der Waals surface area contributed by atoms with Crippen LogP contribution >= 0.6 is 0 Å². The van der Waals surface area contributed by atoms with E-state index in [9.17, 15) is 0 Å². The lowest BCUT2D eigenvalue weighted by Gasteiger charge is -2.25. The highest BCUT2D eigenvalue weighted by Gasteiger charge is 2.13. The van der Waals surface area contributed by atoms with E-state index >= 15 is 0 Å². The third-order valence-electron chi connectivity index (χ3n) is 5.87. The molecule has 3 nitrogen and oxygen atoms in total. The Balaban J connectivity index is 1.46. The summed E-state index contributed by atoms with van der Waals surface area (Å²) in [6.45, 7) is 0. The lowest BCUT2D eigenvalue weighted by Crippen LogP contribution is -2.09. The highest BCUT2D eigenvalue weighted by molar-refractivity contribution is 6.10. The van der Waals surface area contributed by atoms with E-state index in [1.807, 2.05) is 24.4 Å².